The summed E-state index contributed by atoms with van der Waals surface area (Å²) in [6, 6.07) is 24.2. The van der Waals surface area contributed by atoms with Crippen molar-refractivity contribution in [3.63, 3.8) is 0 Å². The van der Waals surface area contributed by atoms with E-state index in [4.69, 9.17) is 0 Å². The molecule has 18 heavy (non-hydrogen) atoms. The minimum Gasteiger partial charge on any atom is -0.331 e. The fraction of sp³-hybridized carbons (Fsp3) is 0.250. The Bertz CT molecular complexity index is 412. The number of hydrogen-bond acceptors (Lipinski definition) is 1. The van der Waals surface area contributed by atoms with E-state index >= 15 is 0 Å². The van der Waals surface area contributed by atoms with E-state index in [0.717, 1.165) is 0 Å². The Morgan fingerprint density at radius 2 is 1.11 bits per heavy atom. The smallest absolute Gasteiger partial charge is 0.119 e. The highest BCUT2D eigenvalue weighted by atomic mass is 28.3. The third-order valence-electron chi connectivity index (χ3n) is 3.36. The summed E-state index contributed by atoms with van der Waals surface area (Å²) < 4.78 is 2.46. The van der Waals surface area contributed by atoms with Gasteiger partial charge in [-0.3, -0.25) is 0 Å². The summed E-state index contributed by atoms with van der Waals surface area (Å²) in [7, 11) is 3.52. The predicted octanol–water partition coefficient (Wildman–Crippen LogP) is 2.84. The molecule has 2 rings (SSSR count). The molecule has 0 fully saturated rings. The van der Waals surface area contributed by atoms with Gasteiger partial charge in [0, 0.05) is 0 Å². The Labute approximate surface area is 112 Å². The lowest BCUT2D eigenvalue weighted by Gasteiger charge is -2.23. The van der Waals surface area contributed by atoms with Gasteiger partial charge >= 0.3 is 0 Å². The zero-order valence-corrected chi connectivity index (χ0v) is 12.4. The van der Waals surface area contributed by atoms with Gasteiger partial charge in [0.25, 0.3) is 0 Å². The van der Waals surface area contributed by atoms with Crippen molar-refractivity contribution < 1.29 is 0 Å². The molecule has 0 aliphatic rings. The van der Waals surface area contributed by atoms with E-state index in [1.54, 1.807) is 0 Å². The molecule has 0 aliphatic carbocycles. The van der Waals surface area contributed by atoms with E-state index < -0.39 is 8.96 Å². The van der Waals surface area contributed by atoms with Crippen LogP contribution in [0.5, 0.6) is 0 Å². The molecule has 0 amide bonds. The van der Waals surface area contributed by atoms with Crippen molar-refractivity contribution in [2.45, 2.75) is 12.1 Å². The monoisotopic (exact) mass is 255 g/mol. The Morgan fingerprint density at radius 1 is 0.722 bits per heavy atom. The molecule has 0 spiro atoms. The van der Waals surface area contributed by atoms with Gasteiger partial charge < -0.3 is 4.57 Å². The third-order valence-corrected chi connectivity index (χ3v) is 6.70. The summed E-state index contributed by atoms with van der Waals surface area (Å²) >= 11 is 0. The standard InChI is InChI=1S/C16H21NSi/c1-17(2)18(13-15-9-5-3-6-10-15)14-16-11-7-4-8-12-16/h3-12,18H,13-14H2,1-2H3. The van der Waals surface area contributed by atoms with Crippen molar-refractivity contribution in [1.82, 2.24) is 4.57 Å². The molecule has 0 unspecified atom stereocenters. The molecule has 0 atom stereocenters. The molecule has 2 heteroatoms. The molecule has 2 aromatic rings. The van der Waals surface area contributed by atoms with Gasteiger partial charge in [-0.15, -0.1) is 0 Å². The fourth-order valence-electron chi connectivity index (χ4n) is 2.21. The maximum atomic E-state index is 2.46. The van der Waals surface area contributed by atoms with Crippen LogP contribution in [-0.2, 0) is 12.1 Å². The minimum absolute atomic E-state index is 0.927. The first-order valence-corrected chi connectivity index (χ1v) is 8.65. The van der Waals surface area contributed by atoms with Crippen LogP contribution in [0.3, 0.4) is 0 Å². The van der Waals surface area contributed by atoms with E-state index in [9.17, 15) is 0 Å². The molecule has 0 heterocycles. The van der Waals surface area contributed by atoms with Gasteiger partial charge in [0.1, 0.15) is 8.96 Å². The topological polar surface area (TPSA) is 3.24 Å². The average Bonchev–Trinajstić information content (AvgIpc) is 2.40. The Balaban J connectivity index is 2.05. The van der Waals surface area contributed by atoms with E-state index in [1.165, 1.54) is 23.2 Å². The van der Waals surface area contributed by atoms with Crippen LogP contribution < -0.4 is 0 Å². The van der Waals surface area contributed by atoms with Crippen molar-refractivity contribution in [1.29, 1.82) is 0 Å². The molecular formula is C16H21NSi. The Hall–Kier alpha value is -1.38. The van der Waals surface area contributed by atoms with Crippen LogP contribution in [0.1, 0.15) is 11.1 Å². The Morgan fingerprint density at radius 3 is 1.44 bits per heavy atom. The lowest BCUT2D eigenvalue weighted by molar-refractivity contribution is 0.630. The first-order chi connectivity index (χ1) is 8.75. The van der Waals surface area contributed by atoms with E-state index in [-0.39, 0.29) is 0 Å². The van der Waals surface area contributed by atoms with Crippen LogP contribution in [-0.4, -0.2) is 27.6 Å². The molecule has 0 bridgehead atoms. The number of hydrogen-bond donors (Lipinski definition) is 0. The normalized spacial score (nSPS) is 11.1. The highest BCUT2D eigenvalue weighted by molar-refractivity contribution is 6.54. The van der Waals surface area contributed by atoms with Crippen LogP contribution >= 0.6 is 0 Å². The van der Waals surface area contributed by atoms with Crippen LogP contribution in [0, 0.1) is 0 Å². The molecule has 1 nitrogen and oxygen atoms in total. The summed E-state index contributed by atoms with van der Waals surface area (Å²) in [5, 5.41) is 0. The van der Waals surface area contributed by atoms with Crippen molar-refractivity contribution in [3.05, 3.63) is 71.8 Å². The van der Waals surface area contributed by atoms with Gasteiger partial charge in [0.05, 0.1) is 0 Å². The second kappa shape index (κ2) is 6.52. The number of nitrogens with zero attached hydrogens (tertiary/aromatic N) is 1. The van der Waals surface area contributed by atoms with Crippen molar-refractivity contribution in [2.75, 3.05) is 14.1 Å². The summed E-state index contributed by atoms with van der Waals surface area (Å²) in [6.07, 6.45) is 0. The third kappa shape index (κ3) is 3.83. The Kier molecular flexibility index (Phi) is 4.73. The molecule has 94 valence electrons. The van der Waals surface area contributed by atoms with Crippen molar-refractivity contribution >= 4 is 8.96 Å². The summed E-state index contributed by atoms with van der Waals surface area (Å²) in [6.45, 7) is 0. The SMILES string of the molecule is CN(C)[SiH](Cc1ccccc1)Cc1ccccc1. The van der Waals surface area contributed by atoms with Gasteiger partial charge in [0.2, 0.25) is 0 Å². The zero-order valence-electron chi connectivity index (χ0n) is 11.2. The summed E-state index contributed by atoms with van der Waals surface area (Å²) in [5.74, 6) is 0. The van der Waals surface area contributed by atoms with E-state index in [2.05, 4.69) is 79.3 Å². The maximum absolute atomic E-state index is 2.46. The lowest BCUT2D eigenvalue weighted by Crippen LogP contribution is -2.37. The maximum Gasteiger partial charge on any atom is 0.119 e. The molecule has 0 N–H and O–H groups in total. The first kappa shape index (κ1) is 13.1. The largest absolute Gasteiger partial charge is 0.331 e. The number of rotatable bonds is 5. The van der Waals surface area contributed by atoms with E-state index in [0.29, 0.717) is 0 Å². The van der Waals surface area contributed by atoms with Crippen LogP contribution in [0.15, 0.2) is 60.7 Å². The second-order valence-electron chi connectivity index (χ2n) is 5.00. The highest BCUT2D eigenvalue weighted by Gasteiger charge is 2.14. The van der Waals surface area contributed by atoms with Gasteiger partial charge in [-0.1, -0.05) is 60.7 Å². The quantitative estimate of drug-likeness (QED) is 0.743. The fourth-order valence-corrected chi connectivity index (χ4v) is 4.72. The van der Waals surface area contributed by atoms with Gasteiger partial charge in [-0.2, -0.15) is 0 Å². The molecule has 2 aromatic carbocycles. The predicted molar refractivity (Wildman–Crippen MR) is 81.1 cm³/mol. The highest BCUT2D eigenvalue weighted by Crippen LogP contribution is 2.09. The molecule has 0 radical (unpaired) electrons. The van der Waals surface area contributed by atoms with Gasteiger partial charge in [-0.25, -0.2) is 0 Å². The lowest BCUT2D eigenvalue weighted by atomic mass is 10.2. The van der Waals surface area contributed by atoms with Crippen molar-refractivity contribution in [2.24, 2.45) is 0 Å². The van der Waals surface area contributed by atoms with Crippen LogP contribution in [0.25, 0.3) is 0 Å². The molecule has 0 saturated carbocycles. The number of benzene rings is 2. The second-order valence-corrected chi connectivity index (χ2v) is 8.15. The molecule has 0 saturated heterocycles. The van der Waals surface area contributed by atoms with Crippen LogP contribution in [0.4, 0.5) is 0 Å². The molecule has 0 aliphatic heterocycles. The zero-order chi connectivity index (χ0) is 12.8. The molecule has 0 aromatic heterocycles. The van der Waals surface area contributed by atoms with Crippen molar-refractivity contribution in [3.8, 4) is 0 Å². The molecular weight excluding hydrogens is 234 g/mol. The summed E-state index contributed by atoms with van der Waals surface area (Å²) in [5.41, 5.74) is 2.94. The summed E-state index contributed by atoms with van der Waals surface area (Å²) in [4.78, 5) is 0. The van der Waals surface area contributed by atoms with E-state index in [1.807, 2.05) is 0 Å². The van der Waals surface area contributed by atoms with Gasteiger partial charge in [0.15, 0.2) is 0 Å². The van der Waals surface area contributed by atoms with Crippen LogP contribution in [0.2, 0.25) is 0 Å². The first-order valence-electron chi connectivity index (χ1n) is 6.50. The minimum atomic E-state index is -0.927. The van der Waals surface area contributed by atoms with Gasteiger partial charge in [-0.05, 0) is 37.3 Å². The average molecular weight is 255 g/mol.